The Morgan fingerprint density at radius 3 is 2.23 bits per heavy atom. The smallest absolute Gasteiger partial charge is 0.339 e. The van der Waals surface area contributed by atoms with E-state index >= 15 is 0 Å². The van der Waals surface area contributed by atoms with Crippen LogP contribution in [0, 0.1) is 0 Å². The summed E-state index contributed by atoms with van der Waals surface area (Å²) in [6.07, 6.45) is 0. The van der Waals surface area contributed by atoms with Crippen molar-refractivity contribution in [3.05, 3.63) is 66.2 Å². The summed E-state index contributed by atoms with van der Waals surface area (Å²) in [4.78, 5) is 31.7. The van der Waals surface area contributed by atoms with Gasteiger partial charge in [0.1, 0.15) is 0 Å². The molecule has 0 aliphatic heterocycles. The highest BCUT2D eigenvalue weighted by molar-refractivity contribution is 6.05. The minimum atomic E-state index is -0.567. The Kier molecular flexibility index (Phi) is 8.09. The fourth-order valence-corrected chi connectivity index (χ4v) is 3.16. The Morgan fingerprint density at radius 2 is 1.55 bits per heavy atom. The number of benzene rings is 2. The van der Waals surface area contributed by atoms with Gasteiger partial charge in [-0.05, 0) is 12.1 Å². The molecule has 0 aliphatic rings. The van der Waals surface area contributed by atoms with Gasteiger partial charge in [0.25, 0.3) is 5.91 Å². The van der Waals surface area contributed by atoms with Gasteiger partial charge in [-0.15, -0.1) is 0 Å². The number of para-hydroxylation sites is 1. The highest BCUT2D eigenvalue weighted by atomic mass is 16.5. The number of methoxy groups -OCH3 is 2. The number of ether oxygens (including phenoxy) is 3. The molecule has 0 radical (unpaired) electrons. The number of aromatic nitrogens is 1. The van der Waals surface area contributed by atoms with E-state index in [4.69, 9.17) is 14.2 Å². The predicted octanol–water partition coefficient (Wildman–Crippen LogP) is 3.18. The van der Waals surface area contributed by atoms with Crippen LogP contribution in [-0.2, 0) is 19.0 Å². The Balaban J connectivity index is 1.80. The normalized spacial score (nSPS) is 10.8. The molecule has 0 saturated carbocycles. The van der Waals surface area contributed by atoms with Gasteiger partial charge >= 0.3 is 5.97 Å². The average molecular weight is 422 g/mol. The predicted molar refractivity (Wildman–Crippen MR) is 118 cm³/mol. The Bertz CT molecular complexity index is 1010. The van der Waals surface area contributed by atoms with Crippen molar-refractivity contribution in [1.82, 2.24) is 9.88 Å². The highest BCUT2D eigenvalue weighted by Crippen LogP contribution is 2.25. The maximum absolute atomic E-state index is 12.9. The fourth-order valence-electron chi connectivity index (χ4n) is 3.16. The summed E-state index contributed by atoms with van der Waals surface area (Å²) in [5, 5.41) is 0.676. The van der Waals surface area contributed by atoms with E-state index in [1.165, 1.54) is 0 Å². The lowest BCUT2D eigenvalue weighted by Gasteiger charge is -2.21. The van der Waals surface area contributed by atoms with Gasteiger partial charge in [0.2, 0.25) is 0 Å². The van der Waals surface area contributed by atoms with E-state index in [9.17, 15) is 9.59 Å². The molecule has 3 aromatic rings. The lowest BCUT2D eigenvalue weighted by molar-refractivity contribution is -0.135. The fraction of sp³-hybridized carbons (Fsp3) is 0.292. The molecule has 0 bridgehead atoms. The molecule has 0 spiro atoms. The van der Waals surface area contributed by atoms with Crippen LogP contribution >= 0.6 is 0 Å². The molecule has 0 N–H and O–H groups in total. The van der Waals surface area contributed by atoms with Crippen LogP contribution in [0.2, 0.25) is 0 Å². The van der Waals surface area contributed by atoms with Gasteiger partial charge < -0.3 is 19.1 Å². The van der Waals surface area contributed by atoms with Crippen molar-refractivity contribution in [3.8, 4) is 11.3 Å². The van der Waals surface area contributed by atoms with Gasteiger partial charge in [-0.2, -0.15) is 0 Å². The van der Waals surface area contributed by atoms with Crippen LogP contribution in [0.4, 0.5) is 0 Å². The second-order valence-corrected chi connectivity index (χ2v) is 6.88. The number of hydrogen-bond donors (Lipinski definition) is 0. The van der Waals surface area contributed by atoms with E-state index in [-0.39, 0.29) is 12.5 Å². The molecule has 2 aromatic carbocycles. The molecular formula is C24H26N2O5. The third kappa shape index (κ3) is 5.87. The van der Waals surface area contributed by atoms with Crippen molar-refractivity contribution in [2.45, 2.75) is 0 Å². The number of fused-ring (bicyclic) bond motifs is 1. The molecule has 0 aliphatic carbocycles. The minimum absolute atomic E-state index is 0.302. The molecule has 0 saturated heterocycles. The van der Waals surface area contributed by atoms with Crippen molar-refractivity contribution < 1.29 is 23.8 Å². The molecule has 1 heterocycles. The Morgan fingerprint density at radius 1 is 0.903 bits per heavy atom. The second kappa shape index (κ2) is 11.2. The Labute approximate surface area is 181 Å². The number of carbonyl (C=O) groups excluding carboxylic acids is 2. The first-order valence-corrected chi connectivity index (χ1v) is 10.0. The summed E-state index contributed by atoms with van der Waals surface area (Å²) in [7, 11) is 3.13. The molecule has 7 heteroatoms. The first-order valence-electron chi connectivity index (χ1n) is 10.0. The van der Waals surface area contributed by atoms with Crippen molar-refractivity contribution in [1.29, 1.82) is 0 Å². The first kappa shape index (κ1) is 22.4. The maximum atomic E-state index is 12.9. The molecule has 0 unspecified atom stereocenters. The number of carbonyl (C=O) groups is 2. The Hall–Kier alpha value is -3.29. The molecule has 162 valence electrons. The van der Waals surface area contributed by atoms with Gasteiger partial charge in [0.15, 0.2) is 6.61 Å². The van der Waals surface area contributed by atoms with E-state index in [0.717, 1.165) is 5.56 Å². The molecule has 0 atom stereocenters. The summed E-state index contributed by atoms with van der Waals surface area (Å²) in [5.41, 5.74) is 2.62. The lowest BCUT2D eigenvalue weighted by atomic mass is 10.0. The number of hydrogen-bond acceptors (Lipinski definition) is 6. The summed E-state index contributed by atoms with van der Waals surface area (Å²) < 4.78 is 15.5. The summed E-state index contributed by atoms with van der Waals surface area (Å²) in [6.45, 7) is 1.21. The molecule has 0 fully saturated rings. The van der Waals surface area contributed by atoms with Crippen LogP contribution in [0.1, 0.15) is 10.4 Å². The second-order valence-electron chi connectivity index (χ2n) is 6.88. The molecule has 31 heavy (non-hydrogen) atoms. The zero-order valence-corrected chi connectivity index (χ0v) is 17.7. The lowest BCUT2D eigenvalue weighted by Crippen LogP contribution is -2.39. The number of rotatable bonds is 10. The zero-order valence-electron chi connectivity index (χ0n) is 17.7. The molecular weight excluding hydrogens is 396 g/mol. The van der Waals surface area contributed by atoms with E-state index < -0.39 is 5.97 Å². The van der Waals surface area contributed by atoms with Crippen molar-refractivity contribution in [3.63, 3.8) is 0 Å². The topological polar surface area (TPSA) is 78.0 Å². The number of pyridine rings is 1. The van der Waals surface area contributed by atoms with Crippen LogP contribution in [0.5, 0.6) is 0 Å². The zero-order chi connectivity index (χ0) is 22.1. The van der Waals surface area contributed by atoms with Crippen LogP contribution in [0.25, 0.3) is 22.2 Å². The molecule has 3 rings (SSSR count). The number of nitrogens with zero attached hydrogens (tertiary/aromatic N) is 2. The monoisotopic (exact) mass is 422 g/mol. The third-order valence-corrected chi connectivity index (χ3v) is 4.82. The molecule has 1 amide bonds. The summed E-state index contributed by atoms with van der Waals surface area (Å²) in [5.74, 6) is -0.869. The quantitative estimate of drug-likeness (QED) is 0.467. The minimum Gasteiger partial charge on any atom is -0.452 e. The van der Waals surface area contributed by atoms with Gasteiger partial charge in [-0.3, -0.25) is 4.79 Å². The summed E-state index contributed by atoms with van der Waals surface area (Å²) >= 11 is 0. The average Bonchev–Trinajstić information content (AvgIpc) is 2.82. The largest absolute Gasteiger partial charge is 0.452 e. The van der Waals surface area contributed by atoms with Gasteiger partial charge in [0, 0.05) is 38.3 Å². The maximum Gasteiger partial charge on any atom is 0.339 e. The van der Waals surface area contributed by atoms with Crippen molar-refractivity contribution in [2.75, 3.05) is 47.1 Å². The highest BCUT2D eigenvalue weighted by Gasteiger charge is 2.19. The summed E-state index contributed by atoms with van der Waals surface area (Å²) in [6, 6.07) is 18.7. The van der Waals surface area contributed by atoms with E-state index in [1.54, 1.807) is 25.2 Å². The van der Waals surface area contributed by atoms with Gasteiger partial charge in [0.05, 0.1) is 30.0 Å². The van der Waals surface area contributed by atoms with Crippen LogP contribution in [0.15, 0.2) is 60.7 Å². The SMILES string of the molecule is COCCN(CCOC)C(=O)COC(=O)c1cc(-c2ccccc2)nc2ccccc12. The van der Waals surface area contributed by atoms with E-state index in [0.29, 0.717) is 48.5 Å². The van der Waals surface area contributed by atoms with Crippen LogP contribution < -0.4 is 0 Å². The van der Waals surface area contributed by atoms with Crippen molar-refractivity contribution >= 4 is 22.8 Å². The van der Waals surface area contributed by atoms with Gasteiger partial charge in [-0.25, -0.2) is 9.78 Å². The standard InChI is InChI=1S/C24H26N2O5/c1-29-14-12-26(13-15-30-2)23(27)17-31-24(28)20-16-22(18-8-4-3-5-9-18)25-21-11-7-6-10-19(20)21/h3-11,16H,12-15,17H2,1-2H3. The first-order chi connectivity index (χ1) is 15.1. The van der Waals surface area contributed by atoms with E-state index in [2.05, 4.69) is 4.98 Å². The third-order valence-electron chi connectivity index (χ3n) is 4.82. The van der Waals surface area contributed by atoms with Crippen molar-refractivity contribution in [2.24, 2.45) is 0 Å². The molecule has 7 nitrogen and oxygen atoms in total. The van der Waals surface area contributed by atoms with Crippen LogP contribution in [-0.4, -0.2) is 68.9 Å². The van der Waals surface area contributed by atoms with Crippen LogP contribution in [0.3, 0.4) is 0 Å². The number of esters is 1. The number of amides is 1. The van der Waals surface area contributed by atoms with E-state index in [1.807, 2.05) is 54.6 Å². The molecule has 1 aromatic heterocycles. The van der Waals surface area contributed by atoms with Gasteiger partial charge in [-0.1, -0.05) is 48.5 Å².